The number of nitrogens with one attached hydrogen (secondary N) is 1. The van der Waals surface area contributed by atoms with Crippen molar-refractivity contribution in [2.75, 3.05) is 31.7 Å². The Morgan fingerprint density at radius 1 is 1.56 bits per heavy atom. The molecule has 1 saturated heterocycles. The molecule has 1 aromatic heterocycles. The van der Waals surface area contributed by atoms with Crippen molar-refractivity contribution >= 4 is 11.5 Å². The molecule has 0 aliphatic carbocycles. The van der Waals surface area contributed by atoms with Crippen LogP contribution in [0.2, 0.25) is 0 Å². The van der Waals surface area contributed by atoms with E-state index in [1.54, 1.807) is 13.0 Å². The number of nitrogens with zero attached hydrogens (tertiary/aromatic N) is 2. The van der Waals surface area contributed by atoms with E-state index in [9.17, 15) is 10.1 Å². The van der Waals surface area contributed by atoms with Gasteiger partial charge in [0.05, 0.1) is 30.8 Å². The molecule has 2 heterocycles. The highest BCUT2D eigenvalue weighted by molar-refractivity contribution is 5.56. The second-order valence-electron chi connectivity index (χ2n) is 4.03. The summed E-state index contributed by atoms with van der Waals surface area (Å²) in [4.78, 5) is 14.5. The van der Waals surface area contributed by atoms with Gasteiger partial charge >= 0.3 is 5.69 Å². The molecule has 1 aliphatic heterocycles. The Hall–Kier alpha value is -1.73. The topological polar surface area (TPSA) is 86.5 Å². The van der Waals surface area contributed by atoms with Crippen molar-refractivity contribution in [1.29, 1.82) is 0 Å². The predicted molar refractivity (Wildman–Crippen MR) is 64.7 cm³/mol. The zero-order valence-electron chi connectivity index (χ0n) is 10.1. The van der Waals surface area contributed by atoms with Gasteiger partial charge in [0, 0.05) is 18.3 Å². The van der Waals surface area contributed by atoms with Gasteiger partial charge in [-0.05, 0) is 13.0 Å². The van der Waals surface area contributed by atoms with Crippen LogP contribution >= 0.6 is 0 Å². The van der Waals surface area contributed by atoms with Crippen molar-refractivity contribution in [3.8, 4) is 0 Å². The Balaban J connectivity index is 2.03. The number of anilines is 1. The summed E-state index contributed by atoms with van der Waals surface area (Å²) in [5, 5.41) is 13.8. The smallest absolute Gasteiger partial charge is 0.311 e. The Kier molecular flexibility index (Phi) is 4.06. The van der Waals surface area contributed by atoms with Crippen molar-refractivity contribution in [3.05, 3.63) is 27.9 Å². The predicted octanol–water partition coefficient (Wildman–Crippen LogP) is 1.13. The van der Waals surface area contributed by atoms with Gasteiger partial charge in [-0.2, -0.15) is 0 Å². The molecular formula is C11H15N3O4. The fourth-order valence-corrected chi connectivity index (χ4v) is 1.69. The molecule has 0 spiro atoms. The zero-order valence-corrected chi connectivity index (χ0v) is 10.1. The summed E-state index contributed by atoms with van der Waals surface area (Å²) in [6, 6.07) is 3.06. The monoisotopic (exact) mass is 253 g/mol. The van der Waals surface area contributed by atoms with Gasteiger partial charge in [-0.1, -0.05) is 0 Å². The van der Waals surface area contributed by atoms with Crippen LogP contribution in [0.5, 0.6) is 0 Å². The standard InChI is InChI=1S/C11H15N3O4/c1-8-2-3-10(14(15)16)11(13-8)12-6-9-7-17-4-5-18-9/h2-3,9H,4-7H2,1H3,(H,12,13). The van der Waals surface area contributed by atoms with E-state index < -0.39 is 4.92 Å². The average Bonchev–Trinajstić information content (AvgIpc) is 2.37. The Morgan fingerprint density at radius 2 is 2.39 bits per heavy atom. The molecule has 1 unspecified atom stereocenters. The van der Waals surface area contributed by atoms with Gasteiger partial charge in [-0.15, -0.1) is 0 Å². The number of pyridine rings is 1. The Morgan fingerprint density at radius 3 is 3.06 bits per heavy atom. The normalized spacial score (nSPS) is 19.5. The molecule has 0 radical (unpaired) electrons. The van der Waals surface area contributed by atoms with E-state index in [-0.39, 0.29) is 17.6 Å². The third kappa shape index (κ3) is 3.14. The van der Waals surface area contributed by atoms with E-state index in [4.69, 9.17) is 9.47 Å². The number of rotatable bonds is 4. The van der Waals surface area contributed by atoms with Crippen LogP contribution in [0.15, 0.2) is 12.1 Å². The number of hydrogen-bond acceptors (Lipinski definition) is 6. The van der Waals surface area contributed by atoms with E-state index in [0.29, 0.717) is 26.4 Å². The number of hydrogen-bond donors (Lipinski definition) is 1. The van der Waals surface area contributed by atoms with Crippen LogP contribution in [0.25, 0.3) is 0 Å². The summed E-state index contributed by atoms with van der Waals surface area (Å²) in [6.45, 7) is 3.87. The molecule has 7 heteroatoms. The van der Waals surface area contributed by atoms with E-state index in [1.165, 1.54) is 6.07 Å². The Bertz CT molecular complexity index is 432. The molecule has 1 fully saturated rings. The maximum atomic E-state index is 10.9. The second-order valence-corrected chi connectivity index (χ2v) is 4.03. The molecule has 1 aromatic rings. The lowest BCUT2D eigenvalue weighted by atomic mass is 10.3. The molecule has 0 saturated carbocycles. The molecule has 2 rings (SSSR count). The number of nitro groups is 1. The number of aryl methyl sites for hydroxylation is 1. The second kappa shape index (κ2) is 5.74. The average molecular weight is 253 g/mol. The first kappa shape index (κ1) is 12.7. The van der Waals surface area contributed by atoms with Crippen molar-refractivity contribution in [2.24, 2.45) is 0 Å². The largest absolute Gasteiger partial charge is 0.376 e. The molecule has 7 nitrogen and oxygen atoms in total. The van der Waals surface area contributed by atoms with Gasteiger partial charge in [-0.25, -0.2) is 4.98 Å². The lowest BCUT2D eigenvalue weighted by molar-refractivity contribution is -0.384. The number of aromatic nitrogens is 1. The molecule has 1 aliphatic rings. The van der Waals surface area contributed by atoms with Gasteiger partial charge in [0.25, 0.3) is 0 Å². The minimum atomic E-state index is -0.451. The quantitative estimate of drug-likeness (QED) is 0.639. The summed E-state index contributed by atoms with van der Waals surface area (Å²) >= 11 is 0. The molecule has 0 bridgehead atoms. The summed E-state index contributed by atoms with van der Waals surface area (Å²) in [5.74, 6) is 0.272. The Labute approximate surface area is 104 Å². The van der Waals surface area contributed by atoms with E-state index in [0.717, 1.165) is 5.69 Å². The molecule has 98 valence electrons. The molecule has 0 aromatic carbocycles. The third-order valence-electron chi connectivity index (χ3n) is 2.59. The summed E-state index contributed by atoms with van der Waals surface area (Å²) in [7, 11) is 0. The molecule has 1 N–H and O–H groups in total. The highest BCUT2D eigenvalue weighted by atomic mass is 16.6. The van der Waals surface area contributed by atoms with Crippen molar-refractivity contribution < 1.29 is 14.4 Å². The molecule has 1 atom stereocenters. The first-order chi connectivity index (χ1) is 8.66. The van der Waals surface area contributed by atoms with Crippen LogP contribution in [0, 0.1) is 17.0 Å². The van der Waals surface area contributed by atoms with Crippen LogP contribution in [-0.2, 0) is 9.47 Å². The van der Waals surface area contributed by atoms with Crippen LogP contribution in [0.4, 0.5) is 11.5 Å². The van der Waals surface area contributed by atoms with Crippen LogP contribution in [0.1, 0.15) is 5.69 Å². The summed E-state index contributed by atoms with van der Waals surface area (Å²) in [5.41, 5.74) is 0.696. The lowest BCUT2D eigenvalue weighted by Gasteiger charge is -2.23. The zero-order chi connectivity index (χ0) is 13.0. The molecule has 18 heavy (non-hydrogen) atoms. The summed E-state index contributed by atoms with van der Waals surface area (Å²) < 4.78 is 10.7. The SMILES string of the molecule is Cc1ccc([N+](=O)[O-])c(NCC2COCCO2)n1. The fourth-order valence-electron chi connectivity index (χ4n) is 1.69. The minimum absolute atomic E-state index is 0.0303. The van der Waals surface area contributed by atoms with Crippen LogP contribution in [-0.4, -0.2) is 42.4 Å². The van der Waals surface area contributed by atoms with Gasteiger partial charge in [0.1, 0.15) is 0 Å². The van der Waals surface area contributed by atoms with E-state index in [1.807, 2.05) is 0 Å². The summed E-state index contributed by atoms with van der Waals surface area (Å²) in [6.07, 6.45) is -0.0966. The van der Waals surface area contributed by atoms with Crippen LogP contribution in [0.3, 0.4) is 0 Å². The highest BCUT2D eigenvalue weighted by Crippen LogP contribution is 2.21. The van der Waals surface area contributed by atoms with Crippen LogP contribution < -0.4 is 5.32 Å². The van der Waals surface area contributed by atoms with Gasteiger partial charge < -0.3 is 14.8 Å². The maximum Gasteiger partial charge on any atom is 0.311 e. The first-order valence-corrected chi connectivity index (χ1v) is 5.72. The third-order valence-corrected chi connectivity index (χ3v) is 2.59. The molecular weight excluding hydrogens is 238 g/mol. The van der Waals surface area contributed by atoms with Gasteiger partial charge in [0.15, 0.2) is 0 Å². The highest BCUT2D eigenvalue weighted by Gasteiger charge is 2.18. The van der Waals surface area contributed by atoms with Crippen molar-refractivity contribution in [1.82, 2.24) is 4.98 Å². The van der Waals surface area contributed by atoms with Gasteiger partial charge in [-0.3, -0.25) is 10.1 Å². The molecule has 0 amide bonds. The van der Waals surface area contributed by atoms with Gasteiger partial charge in [0.2, 0.25) is 5.82 Å². The van der Waals surface area contributed by atoms with Crippen molar-refractivity contribution in [3.63, 3.8) is 0 Å². The number of ether oxygens (including phenoxy) is 2. The minimum Gasteiger partial charge on any atom is -0.376 e. The van der Waals surface area contributed by atoms with Crippen molar-refractivity contribution in [2.45, 2.75) is 13.0 Å². The first-order valence-electron chi connectivity index (χ1n) is 5.72. The maximum absolute atomic E-state index is 10.9. The van der Waals surface area contributed by atoms with E-state index >= 15 is 0 Å². The van der Waals surface area contributed by atoms with E-state index in [2.05, 4.69) is 10.3 Å². The lowest BCUT2D eigenvalue weighted by Crippen LogP contribution is -2.34. The fraction of sp³-hybridized carbons (Fsp3) is 0.545.